The number of oxazole rings is 1. The number of esters is 1. The molecule has 1 aliphatic heterocycles. The van der Waals surface area contributed by atoms with Gasteiger partial charge in [0, 0.05) is 5.56 Å². The number of amides is 2. The van der Waals surface area contributed by atoms with E-state index in [1.807, 2.05) is 37.3 Å². The van der Waals surface area contributed by atoms with Gasteiger partial charge in [-0.25, -0.2) is 14.7 Å². The van der Waals surface area contributed by atoms with Crippen LogP contribution in [0.25, 0.3) is 11.3 Å². The first-order chi connectivity index (χ1) is 17.0. The van der Waals surface area contributed by atoms with Crippen molar-refractivity contribution in [1.29, 1.82) is 0 Å². The second kappa shape index (κ2) is 9.26. The van der Waals surface area contributed by atoms with E-state index in [0.717, 1.165) is 10.5 Å². The molecular formula is C27H20N2O6. The maximum absolute atomic E-state index is 13.0. The molecule has 0 bridgehead atoms. The highest BCUT2D eigenvalue weighted by molar-refractivity contribution is 6.34. The minimum Gasteiger partial charge on any atom is -0.494 e. The average Bonchev–Trinajstić information content (AvgIpc) is 3.46. The summed E-state index contributed by atoms with van der Waals surface area (Å²) in [6.07, 6.45) is 1.56. The van der Waals surface area contributed by atoms with Gasteiger partial charge in [-0.05, 0) is 49.4 Å². The van der Waals surface area contributed by atoms with Crippen molar-refractivity contribution in [2.75, 3.05) is 11.5 Å². The molecule has 0 saturated carbocycles. The van der Waals surface area contributed by atoms with Crippen LogP contribution in [-0.4, -0.2) is 29.4 Å². The molecule has 4 aromatic rings. The molecule has 2 heterocycles. The van der Waals surface area contributed by atoms with Crippen LogP contribution in [0.15, 0.2) is 83.4 Å². The predicted octanol–water partition coefficient (Wildman–Crippen LogP) is 4.90. The van der Waals surface area contributed by atoms with E-state index >= 15 is 0 Å². The summed E-state index contributed by atoms with van der Waals surface area (Å²) in [6, 6.07) is 20.4. The Bertz CT molecular complexity index is 1410. The largest absolute Gasteiger partial charge is 0.494 e. The number of nitrogens with zero attached hydrogens (tertiary/aromatic N) is 2. The van der Waals surface area contributed by atoms with E-state index in [4.69, 9.17) is 13.9 Å². The quantitative estimate of drug-likeness (QED) is 0.281. The molecule has 0 fully saturated rings. The number of carbonyl (C=O) groups excluding carboxylic acids is 3. The predicted molar refractivity (Wildman–Crippen MR) is 126 cm³/mol. The van der Waals surface area contributed by atoms with E-state index in [1.165, 1.54) is 18.2 Å². The SMILES string of the molecule is CCOc1ccc(N2C(=O)c3ccc(C(=O)OCc4ncc(-c5ccccc5)o4)cc3C2=O)cc1. The fourth-order valence-electron chi connectivity index (χ4n) is 3.78. The van der Waals surface area contributed by atoms with Gasteiger partial charge in [-0.15, -0.1) is 0 Å². The Morgan fingerprint density at radius 1 is 0.943 bits per heavy atom. The van der Waals surface area contributed by atoms with Crippen LogP contribution in [0.4, 0.5) is 5.69 Å². The summed E-state index contributed by atoms with van der Waals surface area (Å²) in [5.74, 6) is -0.183. The van der Waals surface area contributed by atoms with E-state index in [1.54, 1.807) is 30.5 Å². The maximum atomic E-state index is 13.0. The van der Waals surface area contributed by atoms with Crippen molar-refractivity contribution in [2.24, 2.45) is 0 Å². The lowest BCUT2D eigenvalue weighted by molar-refractivity contribution is 0.0438. The van der Waals surface area contributed by atoms with Gasteiger partial charge in [0.2, 0.25) is 5.89 Å². The van der Waals surface area contributed by atoms with Crippen LogP contribution in [0.5, 0.6) is 5.75 Å². The molecular weight excluding hydrogens is 448 g/mol. The van der Waals surface area contributed by atoms with Gasteiger partial charge < -0.3 is 13.9 Å². The summed E-state index contributed by atoms with van der Waals surface area (Å²) in [5, 5.41) is 0. The Balaban J connectivity index is 1.29. The molecule has 0 saturated heterocycles. The Morgan fingerprint density at radius 3 is 2.43 bits per heavy atom. The van der Waals surface area contributed by atoms with Crippen molar-refractivity contribution < 1.29 is 28.3 Å². The molecule has 0 N–H and O–H groups in total. The average molecular weight is 468 g/mol. The number of anilines is 1. The Hall–Kier alpha value is -4.72. The lowest BCUT2D eigenvalue weighted by Gasteiger charge is -2.14. The number of hydrogen-bond acceptors (Lipinski definition) is 7. The molecule has 0 spiro atoms. The number of carbonyl (C=O) groups is 3. The normalized spacial score (nSPS) is 12.5. The summed E-state index contributed by atoms with van der Waals surface area (Å²) >= 11 is 0. The fourth-order valence-corrected chi connectivity index (χ4v) is 3.78. The van der Waals surface area contributed by atoms with Gasteiger partial charge in [-0.1, -0.05) is 30.3 Å². The molecule has 0 radical (unpaired) electrons. The van der Waals surface area contributed by atoms with Crippen molar-refractivity contribution in [2.45, 2.75) is 13.5 Å². The molecule has 1 aliphatic rings. The van der Waals surface area contributed by atoms with E-state index < -0.39 is 17.8 Å². The Morgan fingerprint density at radius 2 is 1.69 bits per heavy atom. The highest BCUT2D eigenvalue weighted by atomic mass is 16.5. The molecule has 5 rings (SSSR count). The van der Waals surface area contributed by atoms with Crippen LogP contribution in [0.2, 0.25) is 0 Å². The standard InChI is InChI=1S/C27H20N2O6/c1-2-33-20-11-9-19(10-12-20)29-25(30)21-13-8-18(14-22(21)26(29)31)27(32)34-16-24-28-15-23(35-24)17-6-4-3-5-7-17/h3-15H,2,16H2,1H3. The van der Waals surface area contributed by atoms with Crippen molar-refractivity contribution in [1.82, 2.24) is 4.98 Å². The summed E-state index contributed by atoms with van der Waals surface area (Å²) in [5.41, 5.74) is 1.79. The van der Waals surface area contributed by atoms with Gasteiger partial charge in [-0.2, -0.15) is 0 Å². The molecule has 8 heteroatoms. The first-order valence-corrected chi connectivity index (χ1v) is 11.0. The summed E-state index contributed by atoms with van der Waals surface area (Å²) < 4.78 is 16.4. The highest BCUT2D eigenvalue weighted by Gasteiger charge is 2.37. The first-order valence-electron chi connectivity index (χ1n) is 11.0. The van der Waals surface area contributed by atoms with Gasteiger partial charge in [0.15, 0.2) is 12.4 Å². The second-order valence-corrected chi connectivity index (χ2v) is 7.69. The summed E-state index contributed by atoms with van der Waals surface area (Å²) in [4.78, 5) is 43.7. The van der Waals surface area contributed by atoms with Crippen LogP contribution in [-0.2, 0) is 11.3 Å². The van der Waals surface area contributed by atoms with Crippen LogP contribution < -0.4 is 9.64 Å². The molecule has 1 aromatic heterocycles. The van der Waals surface area contributed by atoms with Crippen molar-refractivity contribution in [3.05, 3.63) is 102 Å². The smallest absolute Gasteiger partial charge is 0.338 e. The number of imide groups is 1. The zero-order valence-electron chi connectivity index (χ0n) is 18.8. The summed E-state index contributed by atoms with van der Waals surface area (Å²) in [7, 11) is 0. The first kappa shape index (κ1) is 22.1. The lowest BCUT2D eigenvalue weighted by Crippen LogP contribution is -2.29. The van der Waals surface area contributed by atoms with Crippen molar-refractivity contribution >= 4 is 23.5 Å². The number of aromatic nitrogens is 1. The molecule has 2 amide bonds. The van der Waals surface area contributed by atoms with Crippen molar-refractivity contribution in [3.8, 4) is 17.1 Å². The zero-order valence-corrected chi connectivity index (χ0v) is 18.8. The molecule has 0 aliphatic carbocycles. The van der Waals surface area contributed by atoms with Crippen LogP contribution in [0.1, 0.15) is 43.9 Å². The fraction of sp³-hybridized carbons (Fsp3) is 0.111. The molecule has 0 unspecified atom stereocenters. The third-order valence-electron chi connectivity index (χ3n) is 5.47. The van der Waals surface area contributed by atoms with E-state index in [0.29, 0.717) is 23.8 Å². The third kappa shape index (κ3) is 4.29. The van der Waals surface area contributed by atoms with Crippen LogP contribution in [0.3, 0.4) is 0 Å². The molecule has 174 valence electrons. The lowest BCUT2D eigenvalue weighted by atomic mass is 10.1. The van der Waals surface area contributed by atoms with E-state index in [9.17, 15) is 14.4 Å². The second-order valence-electron chi connectivity index (χ2n) is 7.69. The van der Waals surface area contributed by atoms with Crippen molar-refractivity contribution in [3.63, 3.8) is 0 Å². The molecule has 8 nitrogen and oxygen atoms in total. The maximum Gasteiger partial charge on any atom is 0.338 e. The Labute approximate surface area is 200 Å². The number of benzene rings is 3. The summed E-state index contributed by atoms with van der Waals surface area (Å²) in [6.45, 7) is 2.21. The minimum absolute atomic E-state index is 0.140. The van der Waals surface area contributed by atoms with Gasteiger partial charge >= 0.3 is 5.97 Å². The number of fused-ring (bicyclic) bond motifs is 1. The van der Waals surface area contributed by atoms with Gasteiger partial charge in [0.05, 0.1) is 35.2 Å². The van der Waals surface area contributed by atoms with E-state index in [2.05, 4.69) is 4.98 Å². The van der Waals surface area contributed by atoms with Gasteiger partial charge in [-0.3, -0.25) is 9.59 Å². The minimum atomic E-state index is -0.660. The molecule has 35 heavy (non-hydrogen) atoms. The van der Waals surface area contributed by atoms with E-state index in [-0.39, 0.29) is 29.2 Å². The highest BCUT2D eigenvalue weighted by Crippen LogP contribution is 2.30. The van der Waals surface area contributed by atoms with Gasteiger partial charge in [0.1, 0.15) is 5.75 Å². The third-order valence-corrected chi connectivity index (χ3v) is 5.47. The zero-order chi connectivity index (χ0) is 24.4. The number of hydrogen-bond donors (Lipinski definition) is 0. The van der Waals surface area contributed by atoms with Gasteiger partial charge in [0.25, 0.3) is 11.8 Å². The molecule has 0 atom stereocenters. The monoisotopic (exact) mass is 468 g/mol. The Kier molecular flexibility index (Phi) is 5.85. The van der Waals surface area contributed by atoms with Crippen LogP contribution >= 0.6 is 0 Å². The molecule has 3 aromatic carbocycles. The number of ether oxygens (including phenoxy) is 2. The topological polar surface area (TPSA) is 98.9 Å². The van der Waals surface area contributed by atoms with Crippen LogP contribution in [0, 0.1) is 0 Å². The number of rotatable bonds is 7.